The molecule has 0 radical (unpaired) electrons. The molecule has 108 valence electrons. The molecule has 0 N–H and O–H groups in total. The highest BCUT2D eigenvalue weighted by atomic mass is 35.5. The van der Waals surface area contributed by atoms with Gasteiger partial charge in [0.1, 0.15) is 5.15 Å². The number of pyridine rings is 1. The quantitative estimate of drug-likeness (QED) is 0.459. The van der Waals surface area contributed by atoms with Crippen LogP contribution in [-0.4, -0.2) is 41.5 Å². The molecular weight excluding hydrogens is 280 g/mol. The third-order valence-electron chi connectivity index (χ3n) is 2.49. The molecule has 5 nitrogen and oxygen atoms in total. The van der Waals surface area contributed by atoms with Gasteiger partial charge in [-0.25, -0.2) is 9.78 Å². The normalized spacial score (nSPS) is 9.95. The van der Waals surface area contributed by atoms with Gasteiger partial charge in [-0.05, 0) is 26.0 Å². The standard InChI is InChI=1S/C14H17ClN2O3/c1-4-17(8-10(2)3)13(18)9-20-14(19)11-5-6-12(15)16-7-11/h5-7H,2,4,8-9H2,1,3H3. The molecule has 0 atom stereocenters. The first kappa shape index (κ1) is 16.2. The van der Waals surface area contributed by atoms with E-state index in [2.05, 4.69) is 11.6 Å². The Kier molecular flexibility index (Phi) is 6.18. The van der Waals surface area contributed by atoms with Crippen molar-refractivity contribution < 1.29 is 14.3 Å². The summed E-state index contributed by atoms with van der Waals surface area (Å²) in [6.45, 7) is 8.13. The van der Waals surface area contributed by atoms with Crippen molar-refractivity contribution in [1.82, 2.24) is 9.88 Å². The molecule has 1 amide bonds. The van der Waals surface area contributed by atoms with E-state index in [1.54, 1.807) is 4.90 Å². The minimum absolute atomic E-state index is 0.255. The Bertz CT molecular complexity index is 500. The molecule has 0 fully saturated rings. The summed E-state index contributed by atoms with van der Waals surface area (Å²) in [6.07, 6.45) is 1.31. The van der Waals surface area contributed by atoms with E-state index in [0.717, 1.165) is 5.57 Å². The van der Waals surface area contributed by atoms with E-state index < -0.39 is 5.97 Å². The molecule has 0 unspecified atom stereocenters. The number of carbonyl (C=O) groups excluding carboxylic acids is 2. The Balaban J connectivity index is 2.53. The zero-order valence-electron chi connectivity index (χ0n) is 11.6. The predicted molar refractivity (Wildman–Crippen MR) is 76.6 cm³/mol. The number of esters is 1. The lowest BCUT2D eigenvalue weighted by Crippen LogP contribution is -2.35. The third kappa shape index (κ3) is 5.01. The molecule has 20 heavy (non-hydrogen) atoms. The fourth-order valence-electron chi connectivity index (χ4n) is 1.50. The molecule has 0 aromatic carbocycles. The number of likely N-dealkylation sites (N-methyl/N-ethyl adjacent to an activating group) is 1. The maximum atomic E-state index is 11.9. The average molecular weight is 297 g/mol. The van der Waals surface area contributed by atoms with Gasteiger partial charge in [-0.3, -0.25) is 4.79 Å². The fourth-order valence-corrected chi connectivity index (χ4v) is 1.61. The van der Waals surface area contributed by atoms with Crippen molar-refractivity contribution in [3.8, 4) is 0 Å². The number of carbonyl (C=O) groups is 2. The van der Waals surface area contributed by atoms with Gasteiger partial charge in [0.25, 0.3) is 5.91 Å². The number of halogens is 1. The molecule has 0 saturated carbocycles. The number of ether oxygens (including phenoxy) is 1. The van der Waals surface area contributed by atoms with Crippen molar-refractivity contribution in [2.24, 2.45) is 0 Å². The second-order valence-electron chi connectivity index (χ2n) is 4.31. The molecular formula is C14H17ClN2O3. The van der Waals surface area contributed by atoms with E-state index in [1.165, 1.54) is 18.3 Å². The summed E-state index contributed by atoms with van der Waals surface area (Å²) in [5.74, 6) is -0.861. The third-order valence-corrected chi connectivity index (χ3v) is 2.71. The highest BCUT2D eigenvalue weighted by molar-refractivity contribution is 6.29. The topological polar surface area (TPSA) is 59.5 Å². The van der Waals surface area contributed by atoms with Crippen molar-refractivity contribution >= 4 is 23.5 Å². The molecule has 0 aliphatic heterocycles. The zero-order chi connectivity index (χ0) is 15.1. The molecule has 1 rings (SSSR count). The Morgan fingerprint density at radius 1 is 1.45 bits per heavy atom. The van der Waals surface area contributed by atoms with E-state index in [0.29, 0.717) is 13.1 Å². The highest BCUT2D eigenvalue weighted by Gasteiger charge is 2.15. The maximum Gasteiger partial charge on any atom is 0.340 e. The molecule has 1 aromatic heterocycles. The van der Waals surface area contributed by atoms with Gasteiger partial charge >= 0.3 is 5.97 Å². The van der Waals surface area contributed by atoms with Crippen LogP contribution in [0.1, 0.15) is 24.2 Å². The summed E-state index contributed by atoms with van der Waals surface area (Å²) in [6, 6.07) is 2.98. The monoisotopic (exact) mass is 296 g/mol. The first-order valence-corrected chi connectivity index (χ1v) is 6.52. The number of hydrogen-bond donors (Lipinski definition) is 0. The Morgan fingerprint density at radius 2 is 2.15 bits per heavy atom. The summed E-state index contributed by atoms with van der Waals surface area (Å²) in [7, 11) is 0. The smallest absolute Gasteiger partial charge is 0.340 e. The molecule has 1 aromatic rings. The van der Waals surface area contributed by atoms with Crippen LogP contribution in [0.5, 0.6) is 0 Å². The lowest BCUT2D eigenvalue weighted by atomic mass is 10.3. The van der Waals surface area contributed by atoms with Crippen LogP contribution in [0, 0.1) is 0 Å². The lowest BCUT2D eigenvalue weighted by Gasteiger charge is -2.20. The van der Waals surface area contributed by atoms with Crippen LogP contribution >= 0.6 is 11.6 Å². The summed E-state index contributed by atoms with van der Waals surface area (Å²) in [5.41, 5.74) is 1.12. The van der Waals surface area contributed by atoms with Gasteiger partial charge in [0.15, 0.2) is 6.61 Å². The van der Waals surface area contributed by atoms with Crippen LogP contribution in [0.3, 0.4) is 0 Å². The first-order valence-electron chi connectivity index (χ1n) is 6.15. The first-order chi connectivity index (χ1) is 9.43. The molecule has 6 heteroatoms. The minimum Gasteiger partial charge on any atom is -0.452 e. The van der Waals surface area contributed by atoms with E-state index in [9.17, 15) is 9.59 Å². The van der Waals surface area contributed by atoms with Crippen molar-refractivity contribution in [3.63, 3.8) is 0 Å². The van der Waals surface area contributed by atoms with Crippen molar-refractivity contribution in [3.05, 3.63) is 41.2 Å². The zero-order valence-corrected chi connectivity index (χ0v) is 12.3. The van der Waals surface area contributed by atoms with Crippen LogP contribution in [0.4, 0.5) is 0 Å². The van der Waals surface area contributed by atoms with Gasteiger partial charge < -0.3 is 9.64 Å². The molecule has 0 saturated heterocycles. The maximum absolute atomic E-state index is 11.9. The lowest BCUT2D eigenvalue weighted by molar-refractivity contribution is -0.133. The number of amides is 1. The van der Waals surface area contributed by atoms with E-state index in [4.69, 9.17) is 16.3 Å². The van der Waals surface area contributed by atoms with Crippen molar-refractivity contribution in [2.75, 3.05) is 19.7 Å². The highest BCUT2D eigenvalue weighted by Crippen LogP contribution is 2.07. The van der Waals surface area contributed by atoms with Gasteiger partial charge in [0.05, 0.1) is 5.56 Å². The van der Waals surface area contributed by atoms with Crippen molar-refractivity contribution in [1.29, 1.82) is 0 Å². The number of hydrogen-bond acceptors (Lipinski definition) is 4. The van der Waals surface area contributed by atoms with E-state index >= 15 is 0 Å². The van der Waals surface area contributed by atoms with Crippen LogP contribution in [0.2, 0.25) is 5.15 Å². The van der Waals surface area contributed by atoms with Crippen LogP contribution < -0.4 is 0 Å². The number of aromatic nitrogens is 1. The average Bonchev–Trinajstić information content (AvgIpc) is 2.42. The molecule has 0 aliphatic carbocycles. The summed E-state index contributed by atoms with van der Waals surface area (Å²) < 4.78 is 4.95. The summed E-state index contributed by atoms with van der Waals surface area (Å²) >= 11 is 5.62. The molecule has 1 heterocycles. The predicted octanol–water partition coefficient (Wildman–Crippen LogP) is 2.32. The fraction of sp³-hybridized carbons (Fsp3) is 0.357. The minimum atomic E-state index is -0.603. The van der Waals surface area contributed by atoms with Gasteiger partial charge in [0, 0.05) is 19.3 Å². The van der Waals surface area contributed by atoms with Crippen LogP contribution in [0.15, 0.2) is 30.5 Å². The second kappa shape index (κ2) is 7.65. The van der Waals surface area contributed by atoms with E-state index in [1.807, 2.05) is 13.8 Å². The van der Waals surface area contributed by atoms with Crippen molar-refractivity contribution in [2.45, 2.75) is 13.8 Å². The summed E-state index contributed by atoms with van der Waals surface area (Å²) in [4.78, 5) is 28.9. The van der Waals surface area contributed by atoms with Gasteiger partial charge in [-0.2, -0.15) is 0 Å². The number of rotatable bonds is 6. The second-order valence-corrected chi connectivity index (χ2v) is 4.70. The van der Waals surface area contributed by atoms with Gasteiger partial charge in [-0.15, -0.1) is 0 Å². The summed E-state index contributed by atoms with van der Waals surface area (Å²) in [5, 5.41) is 0.288. The van der Waals surface area contributed by atoms with E-state index in [-0.39, 0.29) is 23.2 Å². The molecule has 0 spiro atoms. The SMILES string of the molecule is C=C(C)CN(CC)C(=O)COC(=O)c1ccc(Cl)nc1. The van der Waals surface area contributed by atoms with Crippen LogP contribution in [-0.2, 0) is 9.53 Å². The molecule has 0 bridgehead atoms. The van der Waals surface area contributed by atoms with Gasteiger partial charge in [-0.1, -0.05) is 23.8 Å². The molecule has 0 aliphatic rings. The van der Waals surface area contributed by atoms with Crippen LogP contribution in [0.25, 0.3) is 0 Å². The Labute approximate surface area is 123 Å². The Morgan fingerprint density at radius 3 is 2.65 bits per heavy atom. The van der Waals surface area contributed by atoms with Gasteiger partial charge in [0.2, 0.25) is 0 Å². The largest absolute Gasteiger partial charge is 0.452 e. The number of nitrogens with zero attached hydrogens (tertiary/aromatic N) is 2. The Hall–Kier alpha value is -1.88.